The van der Waals surface area contributed by atoms with Gasteiger partial charge in [0.25, 0.3) is 0 Å². The number of nitrogens with two attached hydrogens (primary N) is 1. The molecule has 0 spiro atoms. The second-order valence-corrected chi connectivity index (χ2v) is 7.50. The Kier molecular flexibility index (Phi) is 8.31. The maximum Gasteiger partial charge on any atom is 0.204 e. The summed E-state index contributed by atoms with van der Waals surface area (Å²) in [6, 6.07) is 14.3. The van der Waals surface area contributed by atoms with Gasteiger partial charge in [-0.25, -0.2) is 4.90 Å². The van der Waals surface area contributed by atoms with Crippen LogP contribution < -0.4 is 15.2 Å². The van der Waals surface area contributed by atoms with Gasteiger partial charge in [0.05, 0.1) is 13.7 Å². The summed E-state index contributed by atoms with van der Waals surface area (Å²) in [6.07, 6.45) is 3.94. The van der Waals surface area contributed by atoms with E-state index < -0.39 is 6.29 Å². The van der Waals surface area contributed by atoms with Crippen molar-refractivity contribution >= 4 is 5.96 Å². The molecule has 1 aliphatic carbocycles. The van der Waals surface area contributed by atoms with Crippen LogP contribution >= 0.6 is 0 Å². The number of rotatable bonds is 10. The molecule has 0 heterocycles. The van der Waals surface area contributed by atoms with E-state index in [4.69, 9.17) is 24.7 Å². The molecule has 0 unspecified atom stereocenters. The largest absolute Gasteiger partial charge is 0.493 e. The van der Waals surface area contributed by atoms with E-state index in [9.17, 15) is 5.26 Å². The fourth-order valence-corrected chi connectivity index (χ4v) is 3.71. The molecule has 32 heavy (non-hydrogen) atoms. The molecule has 2 aromatic rings. The van der Waals surface area contributed by atoms with Crippen molar-refractivity contribution in [1.82, 2.24) is 4.90 Å². The standard InChI is InChI=1S/C24H30N4O4/c1-29-21-9-8-17(10-11-27-24(26)28(16-25)15-23(30-2)31-3)12-22(21)32-20-13-18-6-4-5-7-19(18)14-20/h4-9,12,20,23H,10-11,13-15H2,1-3H3,(H2,26,27). The Bertz CT molecular complexity index is 944. The highest BCUT2D eigenvalue weighted by Crippen LogP contribution is 2.32. The summed E-state index contributed by atoms with van der Waals surface area (Å²) in [6.45, 7) is 0.596. The molecule has 0 fully saturated rings. The molecular weight excluding hydrogens is 408 g/mol. The van der Waals surface area contributed by atoms with Crippen LogP contribution in [-0.4, -0.2) is 57.7 Å². The highest BCUT2D eigenvalue weighted by atomic mass is 16.7. The molecule has 1 aliphatic rings. The van der Waals surface area contributed by atoms with Crippen LogP contribution in [-0.2, 0) is 28.7 Å². The highest BCUT2D eigenvalue weighted by Gasteiger charge is 2.23. The lowest BCUT2D eigenvalue weighted by molar-refractivity contribution is -0.105. The van der Waals surface area contributed by atoms with Gasteiger partial charge in [0.1, 0.15) is 6.10 Å². The predicted octanol–water partition coefficient (Wildman–Crippen LogP) is 2.50. The first-order chi connectivity index (χ1) is 15.6. The van der Waals surface area contributed by atoms with Crippen molar-refractivity contribution in [3.8, 4) is 17.7 Å². The second-order valence-electron chi connectivity index (χ2n) is 7.50. The molecule has 3 rings (SSSR count). The minimum Gasteiger partial charge on any atom is -0.493 e. The molecular formula is C24H30N4O4. The Morgan fingerprint density at radius 2 is 1.81 bits per heavy atom. The van der Waals surface area contributed by atoms with Crippen LogP contribution in [0, 0.1) is 11.5 Å². The van der Waals surface area contributed by atoms with E-state index in [1.807, 2.05) is 24.4 Å². The summed E-state index contributed by atoms with van der Waals surface area (Å²) in [5.74, 6) is 1.55. The molecule has 2 N–H and O–H groups in total. The zero-order valence-electron chi connectivity index (χ0n) is 18.8. The monoisotopic (exact) mass is 438 g/mol. The summed E-state index contributed by atoms with van der Waals surface area (Å²) in [5, 5.41) is 9.32. The van der Waals surface area contributed by atoms with Gasteiger partial charge in [-0.2, -0.15) is 5.26 Å². The zero-order valence-corrected chi connectivity index (χ0v) is 18.8. The predicted molar refractivity (Wildman–Crippen MR) is 122 cm³/mol. The van der Waals surface area contributed by atoms with Gasteiger partial charge in [0.15, 0.2) is 24.0 Å². The lowest BCUT2D eigenvalue weighted by Gasteiger charge is -2.20. The fourth-order valence-electron chi connectivity index (χ4n) is 3.71. The van der Waals surface area contributed by atoms with Crippen molar-refractivity contribution in [1.29, 1.82) is 5.26 Å². The minimum atomic E-state index is -0.563. The first-order valence-electron chi connectivity index (χ1n) is 10.5. The van der Waals surface area contributed by atoms with E-state index in [0.29, 0.717) is 18.7 Å². The molecule has 0 aromatic heterocycles. The summed E-state index contributed by atoms with van der Waals surface area (Å²) < 4.78 is 22.0. The molecule has 0 saturated heterocycles. The lowest BCUT2D eigenvalue weighted by Crippen LogP contribution is -2.40. The van der Waals surface area contributed by atoms with Crippen molar-refractivity contribution in [3.63, 3.8) is 0 Å². The minimum absolute atomic E-state index is 0.0870. The van der Waals surface area contributed by atoms with Crippen LogP contribution in [0.1, 0.15) is 16.7 Å². The Morgan fingerprint density at radius 1 is 1.12 bits per heavy atom. The van der Waals surface area contributed by atoms with Crippen molar-refractivity contribution in [2.45, 2.75) is 31.7 Å². The zero-order chi connectivity index (χ0) is 22.9. The fraction of sp³-hybridized carbons (Fsp3) is 0.417. The molecule has 0 bridgehead atoms. The molecule has 0 saturated carbocycles. The maximum absolute atomic E-state index is 9.32. The van der Waals surface area contributed by atoms with Crippen molar-refractivity contribution in [3.05, 3.63) is 59.2 Å². The molecule has 0 amide bonds. The summed E-state index contributed by atoms with van der Waals surface area (Å²) in [5.41, 5.74) is 9.69. The van der Waals surface area contributed by atoms with Gasteiger partial charge in [-0.3, -0.25) is 4.99 Å². The van der Waals surface area contributed by atoms with Gasteiger partial charge in [0, 0.05) is 33.6 Å². The third-order valence-corrected chi connectivity index (χ3v) is 5.46. The van der Waals surface area contributed by atoms with E-state index in [2.05, 4.69) is 29.3 Å². The van der Waals surface area contributed by atoms with Crippen molar-refractivity contribution in [2.75, 3.05) is 34.4 Å². The highest BCUT2D eigenvalue weighted by molar-refractivity contribution is 5.79. The number of aliphatic imine (C=N–C) groups is 1. The van der Waals surface area contributed by atoms with Crippen LogP contribution in [0.5, 0.6) is 11.5 Å². The van der Waals surface area contributed by atoms with Crippen LogP contribution in [0.2, 0.25) is 0 Å². The van der Waals surface area contributed by atoms with Crippen LogP contribution in [0.3, 0.4) is 0 Å². The number of nitriles is 1. The Hall–Kier alpha value is -3.28. The summed E-state index contributed by atoms with van der Waals surface area (Å²) >= 11 is 0. The molecule has 2 aromatic carbocycles. The molecule has 0 atom stereocenters. The van der Waals surface area contributed by atoms with Gasteiger partial charge in [-0.15, -0.1) is 0 Å². The number of methoxy groups -OCH3 is 3. The van der Waals surface area contributed by atoms with E-state index >= 15 is 0 Å². The number of guanidine groups is 1. The summed E-state index contributed by atoms with van der Waals surface area (Å²) in [4.78, 5) is 5.58. The quantitative estimate of drug-likeness (QED) is 0.200. The normalized spacial score (nSPS) is 13.7. The van der Waals surface area contributed by atoms with Gasteiger partial charge in [0.2, 0.25) is 5.96 Å². The van der Waals surface area contributed by atoms with Gasteiger partial charge < -0.3 is 24.7 Å². The topological polar surface area (TPSA) is 102 Å². The second kappa shape index (κ2) is 11.4. The Balaban J connectivity index is 1.61. The first kappa shape index (κ1) is 23.4. The van der Waals surface area contributed by atoms with Crippen molar-refractivity contribution < 1.29 is 18.9 Å². The molecule has 170 valence electrons. The average molecular weight is 439 g/mol. The molecule has 0 aliphatic heterocycles. The Morgan fingerprint density at radius 3 is 2.41 bits per heavy atom. The van der Waals surface area contributed by atoms with E-state index in [-0.39, 0.29) is 18.6 Å². The van der Waals surface area contributed by atoms with Gasteiger partial charge in [-0.05, 0) is 35.2 Å². The third kappa shape index (κ3) is 5.90. The molecule has 8 nitrogen and oxygen atoms in total. The van der Waals surface area contributed by atoms with Crippen molar-refractivity contribution in [2.24, 2.45) is 10.7 Å². The number of hydrogen-bond donors (Lipinski definition) is 1. The van der Waals surface area contributed by atoms with E-state index in [0.717, 1.165) is 24.2 Å². The average Bonchev–Trinajstić information content (AvgIpc) is 3.22. The first-order valence-corrected chi connectivity index (χ1v) is 10.5. The number of hydrogen-bond acceptors (Lipinski definition) is 6. The van der Waals surface area contributed by atoms with E-state index in [1.54, 1.807) is 7.11 Å². The maximum atomic E-state index is 9.32. The van der Waals surface area contributed by atoms with Gasteiger partial charge in [-0.1, -0.05) is 30.3 Å². The Labute approximate surface area is 189 Å². The molecule has 8 heteroatoms. The number of nitrogens with zero attached hydrogens (tertiary/aromatic N) is 3. The number of fused-ring (bicyclic) bond motifs is 1. The van der Waals surface area contributed by atoms with Gasteiger partial charge >= 0.3 is 0 Å². The third-order valence-electron chi connectivity index (χ3n) is 5.46. The van der Waals surface area contributed by atoms with Crippen LogP contribution in [0.15, 0.2) is 47.5 Å². The van der Waals surface area contributed by atoms with E-state index in [1.165, 1.54) is 30.2 Å². The van der Waals surface area contributed by atoms with Crippen LogP contribution in [0.4, 0.5) is 0 Å². The molecule has 0 radical (unpaired) electrons. The smallest absolute Gasteiger partial charge is 0.204 e. The SMILES string of the molecule is COc1ccc(CCN=C(N)N(C#N)CC(OC)OC)cc1OC1Cc2ccccc2C1. The number of ether oxygens (including phenoxy) is 4. The summed E-state index contributed by atoms with van der Waals surface area (Å²) in [7, 11) is 4.65. The lowest BCUT2D eigenvalue weighted by atomic mass is 10.1. The number of benzene rings is 2. The van der Waals surface area contributed by atoms with Crippen LogP contribution in [0.25, 0.3) is 0 Å².